The van der Waals surface area contributed by atoms with Crippen LogP contribution in [-0.2, 0) is 9.84 Å². The first-order chi connectivity index (χ1) is 7.44. The number of nitrogens with two attached hydrogens (primary N) is 1. The second-order valence-corrected chi connectivity index (χ2v) is 5.87. The molecule has 0 radical (unpaired) electrons. The van der Waals surface area contributed by atoms with Crippen molar-refractivity contribution < 1.29 is 12.8 Å². The molecule has 3 N–H and O–H groups in total. The lowest BCUT2D eigenvalue weighted by molar-refractivity contribution is 0.597. The quantitative estimate of drug-likeness (QED) is 0.767. The average molecular weight is 246 g/mol. The van der Waals surface area contributed by atoms with Gasteiger partial charge in [-0.3, -0.25) is 0 Å². The molecule has 6 heteroatoms. The summed E-state index contributed by atoms with van der Waals surface area (Å²) < 4.78 is 35.1. The number of sulfone groups is 1. The fourth-order valence-corrected chi connectivity index (χ4v) is 1.88. The van der Waals surface area contributed by atoms with Crippen molar-refractivity contribution in [1.82, 2.24) is 0 Å². The van der Waals surface area contributed by atoms with E-state index in [-0.39, 0.29) is 23.7 Å². The Morgan fingerprint density at radius 3 is 2.69 bits per heavy atom. The predicted molar refractivity (Wildman–Crippen MR) is 63.6 cm³/mol. The topological polar surface area (TPSA) is 72.2 Å². The molecule has 4 nitrogen and oxygen atoms in total. The largest absolute Gasteiger partial charge is 0.397 e. The first-order valence-corrected chi connectivity index (χ1v) is 6.76. The van der Waals surface area contributed by atoms with E-state index in [9.17, 15) is 12.8 Å². The Balaban J connectivity index is 2.56. The molecule has 0 amide bonds. The molecule has 0 aliphatic rings. The normalized spacial score (nSPS) is 11.4. The fraction of sp³-hybridized carbons (Fsp3) is 0.400. The Bertz CT molecular complexity index is 460. The molecule has 0 atom stereocenters. The van der Waals surface area contributed by atoms with Gasteiger partial charge in [-0.05, 0) is 18.2 Å². The first-order valence-electron chi connectivity index (χ1n) is 4.94. The van der Waals surface area contributed by atoms with Crippen LogP contribution >= 0.6 is 0 Å². The molecule has 0 aliphatic heterocycles. The summed E-state index contributed by atoms with van der Waals surface area (Å²) in [5.74, 6) is -0.252. The monoisotopic (exact) mass is 246 g/mol. The number of hydrogen-bond donors (Lipinski definition) is 2. The Kier molecular flexibility index (Phi) is 4.12. The number of rotatable bonds is 5. The maximum absolute atomic E-state index is 12.7. The van der Waals surface area contributed by atoms with E-state index in [1.54, 1.807) is 6.92 Å². The molecule has 0 heterocycles. The van der Waals surface area contributed by atoms with Crippen molar-refractivity contribution in [2.75, 3.05) is 29.1 Å². The summed E-state index contributed by atoms with van der Waals surface area (Å²) in [5, 5.41) is 2.86. The van der Waals surface area contributed by atoms with Crippen molar-refractivity contribution in [3.05, 3.63) is 24.0 Å². The third-order valence-electron chi connectivity index (χ3n) is 2.18. The number of nitrogen functional groups attached to an aromatic ring is 1. The Labute approximate surface area is 94.6 Å². The molecule has 0 saturated heterocycles. The van der Waals surface area contributed by atoms with Crippen molar-refractivity contribution in [3.8, 4) is 0 Å². The molecular weight excluding hydrogens is 231 g/mol. The van der Waals surface area contributed by atoms with Crippen LogP contribution in [0.1, 0.15) is 6.92 Å². The van der Waals surface area contributed by atoms with Crippen LogP contribution in [0.5, 0.6) is 0 Å². The van der Waals surface area contributed by atoms with E-state index < -0.39 is 15.7 Å². The molecule has 0 aromatic heterocycles. The van der Waals surface area contributed by atoms with Gasteiger partial charge in [-0.2, -0.15) is 0 Å². The average Bonchev–Trinajstić information content (AvgIpc) is 2.21. The lowest BCUT2D eigenvalue weighted by atomic mass is 10.2. The van der Waals surface area contributed by atoms with E-state index in [4.69, 9.17) is 5.73 Å². The molecular formula is C10H15FN2O2S. The summed E-state index contributed by atoms with van der Waals surface area (Å²) in [6, 6.07) is 3.95. The van der Waals surface area contributed by atoms with Gasteiger partial charge >= 0.3 is 0 Å². The van der Waals surface area contributed by atoms with Gasteiger partial charge in [0.15, 0.2) is 9.84 Å². The minimum Gasteiger partial charge on any atom is -0.397 e. The van der Waals surface area contributed by atoms with Gasteiger partial charge in [-0.15, -0.1) is 0 Å². The lowest BCUT2D eigenvalue weighted by Gasteiger charge is -2.08. The van der Waals surface area contributed by atoms with Gasteiger partial charge in [0.25, 0.3) is 0 Å². The van der Waals surface area contributed by atoms with Gasteiger partial charge in [0.05, 0.1) is 17.1 Å². The number of benzene rings is 1. The molecule has 0 unspecified atom stereocenters. The van der Waals surface area contributed by atoms with Crippen molar-refractivity contribution >= 4 is 21.2 Å². The van der Waals surface area contributed by atoms with E-state index in [1.165, 1.54) is 18.2 Å². The molecule has 0 aliphatic carbocycles. The second kappa shape index (κ2) is 5.16. The highest BCUT2D eigenvalue weighted by Gasteiger charge is 2.07. The van der Waals surface area contributed by atoms with Crippen molar-refractivity contribution in [2.45, 2.75) is 6.92 Å². The zero-order chi connectivity index (χ0) is 12.2. The maximum Gasteiger partial charge on any atom is 0.151 e. The zero-order valence-corrected chi connectivity index (χ0v) is 9.85. The SMILES string of the molecule is CCS(=O)(=O)CCNc1ccc(F)cc1N. The predicted octanol–water partition coefficient (Wildman–Crippen LogP) is 1.25. The molecule has 0 saturated carbocycles. The summed E-state index contributed by atoms with van der Waals surface area (Å²) in [7, 11) is -2.99. The molecule has 16 heavy (non-hydrogen) atoms. The molecule has 0 spiro atoms. The van der Waals surface area contributed by atoms with Crippen molar-refractivity contribution in [3.63, 3.8) is 0 Å². The lowest BCUT2D eigenvalue weighted by Crippen LogP contribution is -2.17. The maximum atomic E-state index is 12.7. The number of halogens is 1. The van der Waals surface area contributed by atoms with Crippen molar-refractivity contribution in [1.29, 1.82) is 0 Å². The van der Waals surface area contributed by atoms with Crippen LogP contribution in [0.4, 0.5) is 15.8 Å². The number of nitrogens with one attached hydrogen (secondary N) is 1. The standard InChI is InChI=1S/C10H15FN2O2S/c1-2-16(14,15)6-5-13-10-4-3-8(11)7-9(10)12/h3-4,7,13H,2,5-6,12H2,1H3. The fourth-order valence-electron chi connectivity index (χ4n) is 1.18. The smallest absolute Gasteiger partial charge is 0.151 e. The van der Waals surface area contributed by atoms with Crippen LogP contribution in [0.15, 0.2) is 18.2 Å². The van der Waals surface area contributed by atoms with Crippen LogP contribution in [0.2, 0.25) is 0 Å². The summed E-state index contributed by atoms with van der Waals surface area (Å²) in [4.78, 5) is 0. The van der Waals surface area contributed by atoms with Crippen LogP contribution in [0.25, 0.3) is 0 Å². The molecule has 1 aromatic carbocycles. The first kappa shape index (κ1) is 12.8. The summed E-state index contributed by atoms with van der Waals surface area (Å²) in [6.07, 6.45) is 0. The molecule has 1 rings (SSSR count). The highest BCUT2D eigenvalue weighted by atomic mass is 32.2. The van der Waals surface area contributed by atoms with Gasteiger partial charge in [0.2, 0.25) is 0 Å². The van der Waals surface area contributed by atoms with Crippen LogP contribution in [0, 0.1) is 5.82 Å². The minimum absolute atomic E-state index is 0.0420. The number of anilines is 2. The summed E-state index contributed by atoms with van der Waals surface area (Å²) in [6.45, 7) is 1.87. The Morgan fingerprint density at radius 1 is 1.44 bits per heavy atom. The van der Waals surface area contributed by atoms with Gasteiger partial charge in [0.1, 0.15) is 5.82 Å². The third kappa shape index (κ3) is 3.69. The van der Waals surface area contributed by atoms with E-state index in [2.05, 4.69) is 5.32 Å². The van der Waals surface area contributed by atoms with Gasteiger partial charge in [-0.25, -0.2) is 12.8 Å². The van der Waals surface area contributed by atoms with Crippen molar-refractivity contribution in [2.24, 2.45) is 0 Å². The van der Waals surface area contributed by atoms with E-state index in [0.29, 0.717) is 5.69 Å². The molecule has 1 aromatic rings. The Hall–Kier alpha value is -1.30. The summed E-state index contributed by atoms with van der Waals surface area (Å²) >= 11 is 0. The van der Waals surface area contributed by atoms with Gasteiger partial charge in [0, 0.05) is 12.3 Å². The molecule has 90 valence electrons. The van der Waals surface area contributed by atoms with Gasteiger partial charge < -0.3 is 11.1 Å². The van der Waals surface area contributed by atoms with Crippen LogP contribution in [-0.4, -0.2) is 26.5 Å². The molecule has 0 fully saturated rings. The van der Waals surface area contributed by atoms with E-state index in [1.807, 2.05) is 0 Å². The minimum atomic E-state index is -2.99. The highest BCUT2D eigenvalue weighted by Crippen LogP contribution is 2.18. The van der Waals surface area contributed by atoms with Gasteiger partial charge in [-0.1, -0.05) is 6.92 Å². The Morgan fingerprint density at radius 2 is 2.12 bits per heavy atom. The van der Waals surface area contributed by atoms with E-state index >= 15 is 0 Å². The van der Waals surface area contributed by atoms with E-state index in [0.717, 1.165) is 0 Å². The zero-order valence-electron chi connectivity index (χ0n) is 9.03. The highest BCUT2D eigenvalue weighted by molar-refractivity contribution is 7.91. The number of hydrogen-bond acceptors (Lipinski definition) is 4. The second-order valence-electron chi connectivity index (χ2n) is 3.39. The molecule has 0 bridgehead atoms. The summed E-state index contributed by atoms with van der Waals surface area (Å²) in [5.41, 5.74) is 6.37. The van der Waals surface area contributed by atoms with Crippen LogP contribution in [0.3, 0.4) is 0 Å². The van der Waals surface area contributed by atoms with Crippen LogP contribution < -0.4 is 11.1 Å². The third-order valence-corrected chi connectivity index (χ3v) is 3.89.